The summed E-state index contributed by atoms with van der Waals surface area (Å²) < 4.78 is 5.95. The van der Waals surface area contributed by atoms with E-state index >= 15 is 0 Å². The van der Waals surface area contributed by atoms with Gasteiger partial charge in [0, 0.05) is 16.3 Å². The van der Waals surface area contributed by atoms with E-state index in [0.717, 1.165) is 44.4 Å². The number of aromatic nitrogens is 2. The number of aromatic amines is 1. The fourth-order valence-electron chi connectivity index (χ4n) is 2.96. The molecule has 0 radical (unpaired) electrons. The first-order valence-corrected chi connectivity index (χ1v) is 7.25. The maximum atomic E-state index is 5.95. The Balaban J connectivity index is 1.75. The zero-order valence-corrected chi connectivity index (χ0v) is 11.7. The van der Waals surface area contributed by atoms with Gasteiger partial charge in [-0.25, -0.2) is 4.98 Å². The number of imidazole rings is 1. The van der Waals surface area contributed by atoms with Crippen molar-refractivity contribution < 1.29 is 4.42 Å². The number of fused-ring (bicyclic) bond motifs is 4. The third kappa shape index (κ3) is 1.59. The van der Waals surface area contributed by atoms with Crippen LogP contribution in [0.25, 0.3) is 44.4 Å². The quantitative estimate of drug-likeness (QED) is 0.463. The van der Waals surface area contributed by atoms with Crippen LogP contribution in [0.4, 0.5) is 0 Å². The number of hydrogen-bond acceptors (Lipinski definition) is 2. The lowest BCUT2D eigenvalue weighted by Crippen LogP contribution is -1.79. The van der Waals surface area contributed by atoms with E-state index in [2.05, 4.69) is 28.2 Å². The van der Waals surface area contributed by atoms with Crippen molar-refractivity contribution in [3.05, 3.63) is 66.7 Å². The Morgan fingerprint density at radius 1 is 0.773 bits per heavy atom. The van der Waals surface area contributed by atoms with Gasteiger partial charge in [0.05, 0.1) is 11.0 Å². The van der Waals surface area contributed by atoms with Crippen LogP contribution in [0, 0.1) is 0 Å². The molecule has 0 spiro atoms. The summed E-state index contributed by atoms with van der Waals surface area (Å²) in [6.07, 6.45) is 0. The molecule has 0 aliphatic rings. The van der Waals surface area contributed by atoms with Crippen molar-refractivity contribution >= 4 is 33.0 Å². The molecule has 104 valence electrons. The molecule has 0 saturated carbocycles. The molecule has 0 aliphatic heterocycles. The standard InChI is InChI=1S/C19H12N2O/c1-4-8-17-13(5-1)14-10-9-12(11-18(14)22-17)19-20-15-6-2-3-7-16(15)21-19/h1-11H,(H,20,21). The third-order valence-electron chi connectivity index (χ3n) is 4.04. The van der Waals surface area contributed by atoms with Gasteiger partial charge in [-0.3, -0.25) is 0 Å². The SMILES string of the molecule is c1ccc2[nH]c(-c3ccc4c(c3)oc3ccccc34)nc2c1. The monoisotopic (exact) mass is 284 g/mol. The van der Waals surface area contributed by atoms with Crippen molar-refractivity contribution in [2.75, 3.05) is 0 Å². The van der Waals surface area contributed by atoms with E-state index in [1.807, 2.05) is 48.5 Å². The Morgan fingerprint density at radius 2 is 1.59 bits per heavy atom. The highest BCUT2D eigenvalue weighted by molar-refractivity contribution is 6.05. The van der Waals surface area contributed by atoms with E-state index in [9.17, 15) is 0 Å². The van der Waals surface area contributed by atoms with Gasteiger partial charge in [-0.2, -0.15) is 0 Å². The van der Waals surface area contributed by atoms with Crippen LogP contribution in [0.3, 0.4) is 0 Å². The Hall–Kier alpha value is -3.07. The van der Waals surface area contributed by atoms with Crippen molar-refractivity contribution in [3.63, 3.8) is 0 Å². The van der Waals surface area contributed by atoms with Gasteiger partial charge in [0.2, 0.25) is 0 Å². The summed E-state index contributed by atoms with van der Waals surface area (Å²) in [5.74, 6) is 0.864. The number of H-pyrrole nitrogens is 1. The summed E-state index contributed by atoms with van der Waals surface area (Å²) in [5.41, 5.74) is 4.85. The number of nitrogens with one attached hydrogen (secondary N) is 1. The van der Waals surface area contributed by atoms with Gasteiger partial charge in [0.25, 0.3) is 0 Å². The van der Waals surface area contributed by atoms with Crippen LogP contribution in [0.15, 0.2) is 71.1 Å². The van der Waals surface area contributed by atoms with Crippen LogP contribution in [0.5, 0.6) is 0 Å². The van der Waals surface area contributed by atoms with Crippen LogP contribution in [0.1, 0.15) is 0 Å². The summed E-state index contributed by atoms with van der Waals surface area (Å²) in [4.78, 5) is 8.00. The molecule has 22 heavy (non-hydrogen) atoms. The maximum Gasteiger partial charge on any atom is 0.138 e. The predicted molar refractivity (Wildman–Crippen MR) is 88.8 cm³/mol. The average Bonchev–Trinajstić information content (AvgIpc) is 3.15. The highest BCUT2D eigenvalue weighted by atomic mass is 16.3. The normalized spacial score (nSPS) is 11.6. The smallest absolute Gasteiger partial charge is 0.138 e. The van der Waals surface area contributed by atoms with Crippen LogP contribution in [0.2, 0.25) is 0 Å². The average molecular weight is 284 g/mol. The lowest BCUT2D eigenvalue weighted by molar-refractivity contribution is 0.669. The van der Waals surface area contributed by atoms with Gasteiger partial charge in [0.1, 0.15) is 17.0 Å². The lowest BCUT2D eigenvalue weighted by atomic mass is 10.1. The van der Waals surface area contributed by atoms with Crippen LogP contribution >= 0.6 is 0 Å². The molecule has 2 heterocycles. The molecule has 0 atom stereocenters. The number of para-hydroxylation sites is 3. The van der Waals surface area contributed by atoms with E-state index in [-0.39, 0.29) is 0 Å². The Labute approximate surface area is 126 Å². The molecule has 0 fully saturated rings. The number of benzene rings is 3. The summed E-state index contributed by atoms with van der Waals surface area (Å²) >= 11 is 0. The van der Waals surface area contributed by atoms with Crippen molar-refractivity contribution in [3.8, 4) is 11.4 Å². The zero-order valence-electron chi connectivity index (χ0n) is 11.7. The van der Waals surface area contributed by atoms with E-state index in [1.165, 1.54) is 0 Å². The number of rotatable bonds is 1. The van der Waals surface area contributed by atoms with Gasteiger partial charge >= 0.3 is 0 Å². The molecule has 1 N–H and O–H groups in total. The Morgan fingerprint density at radius 3 is 2.55 bits per heavy atom. The van der Waals surface area contributed by atoms with Crippen molar-refractivity contribution in [2.45, 2.75) is 0 Å². The first-order valence-electron chi connectivity index (χ1n) is 7.25. The second-order valence-electron chi connectivity index (χ2n) is 5.41. The van der Waals surface area contributed by atoms with Gasteiger partial charge in [-0.15, -0.1) is 0 Å². The minimum absolute atomic E-state index is 0.864. The van der Waals surface area contributed by atoms with Crippen LogP contribution in [-0.4, -0.2) is 9.97 Å². The van der Waals surface area contributed by atoms with Crippen LogP contribution < -0.4 is 0 Å². The molecular weight excluding hydrogens is 272 g/mol. The second kappa shape index (κ2) is 4.21. The minimum atomic E-state index is 0.864. The summed E-state index contributed by atoms with van der Waals surface area (Å²) in [6, 6.07) is 22.4. The molecule has 2 aromatic heterocycles. The zero-order chi connectivity index (χ0) is 14.5. The van der Waals surface area contributed by atoms with Gasteiger partial charge in [0.15, 0.2) is 0 Å². The van der Waals surface area contributed by atoms with E-state index < -0.39 is 0 Å². The number of hydrogen-bond donors (Lipinski definition) is 1. The molecule has 5 rings (SSSR count). The van der Waals surface area contributed by atoms with Crippen molar-refractivity contribution in [1.29, 1.82) is 0 Å². The van der Waals surface area contributed by atoms with Gasteiger partial charge < -0.3 is 9.40 Å². The summed E-state index contributed by atoms with van der Waals surface area (Å²) in [6.45, 7) is 0. The van der Waals surface area contributed by atoms with E-state index in [1.54, 1.807) is 0 Å². The van der Waals surface area contributed by atoms with Crippen LogP contribution in [-0.2, 0) is 0 Å². The Kier molecular flexibility index (Phi) is 2.22. The molecule has 5 aromatic rings. The molecule has 3 nitrogen and oxygen atoms in total. The first kappa shape index (κ1) is 11.6. The lowest BCUT2D eigenvalue weighted by Gasteiger charge is -1.96. The maximum absolute atomic E-state index is 5.95. The fraction of sp³-hybridized carbons (Fsp3) is 0. The highest BCUT2D eigenvalue weighted by Crippen LogP contribution is 2.31. The molecule has 0 bridgehead atoms. The summed E-state index contributed by atoms with van der Waals surface area (Å²) in [7, 11) is 0. The topological polar surface area (TPSA) is 41.8 Å². The first-order chi connectivity index (χ1) is 10.9. The minimum Gasteiger partial charge on any atom is -0.456 e. The predicted octanol–water partition coefficient (Wildman–Crippen LogP) is 5.13. The van der Waals surface area contributed by atoms with E-state index in [0.29, 0.717) is 0 Å². The number of nitrogens with zero attached hydrogens (tertiary/aromatic N) is 1. The largest absolute Gasteiger partial charge is 0.456 e. The molecule has 0 saturated heterocycles. The second-order valence-corrected chi connectivity index (χ2v) is 5.41. The fourth-order valence-corrected chi connectivity index (χ4v) is 2.96. The molecule has 0 amide bonds. The highest BCUT2D eigenvalue weighted by Gasteiger charge is 2.10. The molecule has 0 unspecified atom stereocenters. The molecule has 3 aromatic carbocycles. The Bertz CT molecular complexity index is 1100. The van der Waals surface area contributed by atoms with Gasteiger partial charge in [-0.1, -0.05) is 36.4 Å². The third-order valence-corrected chi connectivity index (χ3v) is 4.04. The molecule has 0 aliphatic carbocycles. The van der Waals surface area contributed by atoms with E-state index in [4.69, 9.17) is 4.42 Å². The van der Waals surface area contributed by atoms with Crippen molar-refractivity contribution in [2.24, 2.45) is 0 Å². The summed E-state index contributed by atoms with van der Waals surface area (Å²) in [5, 5.41) is 2.28. The molecule has 3 heteroatoms. The van der Waals surface area contributed by atoms with Gasteiger partial charge in [-0.05, 0) is 30.3 Å². The van der Waals surface area contributed by atoms with Crippen molar-refractivity contribution in [1.82, 2.24) is 9.97 Å². The number of furan rings is 1. The molecular formula is C19H12N2O.